The number of benzene rings is 1. The quantitative estimate of drug-likeness (QED) is 0.401. The lowest BCUT2D eigenvalue weighted by Crippen LogP contribution is -2.36. The zero-order chi connectivity index (χ0) is 23.4. The molecule has 0 aliphatic carbocycles. The minimum absolute atomic E-state index is 0.0647. The van der Waals surface area contributed by atoms with Crippen molar-refractivity contribution in [3.8, 4) is 0 Å². The second kappa shape index (κ2) is 9.58. The summed E-state index contributed by atoms with van der Waals surface area (Å²) in [7, 11) is 0. The van der Waals surface area contributed by atoms with E-state index in [1.165, 1.54) is 6.92 Å². The number of carboxylic acids is 2. The highest BCUT2D eigenvalue weighted by molar-refractivity contribution is 7.17. The summed E-state index contributed by atoms with van der Waals surface area (Å²) >= 11 is 0.946. The van der Waals surface area contributed by atoms with Gasteiger partial charge < -0.3 is 30.9 Å². The standard InChI is InChI=1S/C20H19N3O8S/c1-9(24)22-11-4-2-10(3-5-11)16(25)21-7-12-6-13-14(8-31-12)32-18(15(13)19(27)28)23-17(26)20(29)30/h2-5,12H,6-8H2,1H3,(H,21,25)(H,22,24)(H,23,26)(H,27,28)(H,29,30). The van der Waals surface area contributed by atoms with Crippen LogP contribution in [0.1, 0.15) is 38.1 Å². The first-order chi connectivity index (χ1) is 15.2. The maximum atomic E-state index is 12.4. The first kappa shape index (κ1) is 22.9. The highest BCUT2D eigenvalue weighted by Gasteiger charge is 2.31. The Kier molecular flexibility index (Phi) is 6.85. The average molecular weight is 461 g/mol. The fourth-order valence-corrected chi connectivity index (χ4v) is 4.28. The molecule has 0 spiro atoms. The molecule has 168 valence electrons. The van der Waals surface area contributed by atoms with Crippen LogP contribution < -0.4 is 16.0 Å². The van der Waals surface area contributed by atoms with E-state index in [2.05, 4.69) is 16.0 Å². The number of rotatable bonds is 6. The molecule has 1 aromatic heterocycles. The van der Waals surface area contributed by atoms with Gasteiger partial charge in [-0.2, -0.15) is 0 Å². The Bertz CT molecular complexity index is 1090. The summed E-state index contributed by atoms with van der Waals surface area (Å²) in [5.74, 6) is -4.95. The number of hydrogen-bond acceptors (Lipinski definition) is 7. The predicted molar refractivity (Wildman–Crippen MR) is 113 cm³/mol. The molecule has 1 unspecified atom stereocenters. The molecular weight excluding hydrogens is 442 g/mol. The second-order valence-corrected chi connectivity index (χ2v) is 7.98. The third-order valence-corrected chi connectivity index (χ3v) is 5.69. The number of thiophene rings is 1. The van der Waals surface area contributed by atoms with Crippen molar-refractivity contribution in [3.63, 3.8) is 0 Å². The van der Waals surface area contributed by atoms with Crippen LogP contribution in [0.15, 0.2) is 24.3 Å². The molecule has 12 heteroatoms. The number of amides is 3. The lowest BCUT2D eigenvalue weighted by atomic mass is 10.0. The third-order valence-electron chi connectivity index (χ3n) is 4.57. The fourth-order valence-electron chi connectivity index (χ4n) is 3.14. The van der Waals surface area contributed by atoms with Crippen molar-refractivity contribution in [1.82, 2.24) is 5.32 Å². The summed E-state index contributed by atoms with van der Waals surface area (Å²) in [5.41, 5.74) is 1.19. The van der Waals surface area contributed by atoms with Crippen molar-refractivity contribution in [2.45, 2.75) is 26.1 Å². The summed E-state index contributed by atoms with van der Waals surface area (Å²) in [6, 6.07) is 6.30. The Morgan fingerprint density at radius 2 is 1.78 bits per heavy atom. The Balaban J connectivity index is 1.66. The summed E-state index contributed by atoms with van der Waals surface area (Å²) < 4.78 is 5.68. The number of hydrogen-bond donors (Lipinski definition) is 5. The van der Waals surface area contributed by atoms with Crippen LogP contribution in [-0.4, -0.2) is 52.5 Å². The smallest absolute Gasteiger partial charge is 0.394 e. The van der Waals surface area contributed by atoms with E-state index in [1.54, 1.807) is 24.3 Å². The van der Waals surface area contributed by atoms with Gasteiger partial charge in [-0.25, -0.2) is 9.59 Å². The predicted octanol–water partition coefficient (Wildman–Crippen LogP) is 1.30. The molecule has 3 rings (SSSR count). The van der Waals surface area contributed by atoms with Gasteiger partial charge in [0.05, 0.1) is 18.3 Å². The van der Waals surface area contributed by atoms with Crippen molar-refractivity contribution < 1.29 is 38.9 Å². The van der Waals surface area contributed by atoms with Crippen LogP contribution in [0.25, 0.3) is 0 Å². The van der Waals surface area contributed by atoms with E-state index in [1.807, 2.05) is 0 Å². The van der Waals surface area contributed by atoms with Gasteiger partial charge >= 0.3 is 17.8 Å². The minimum atomic E-state index is -1.73. The van der Waals surface area contributed by atoms with Crippen molar-refractivity contribution in [2.24, 2.45) is 0 Å². The number of ether oxygens (including phenoxy) is 1. The third kappa shape index (κ3) is 5.28. The van der Waals surface area contributed by atoms with E-state index in [0.717, 1.165) is 11.3 Å². The number of carboxylic acid groups (broad SMARTS) is 2. The van der Waals surface area contributed by atoms with Crippen LogP contribution in [0, 0.1) is 0 Å². The van der Waals surface area contributed by atoms with Crippen LogP contribution in [0.4, 0.5) is 10.7 Å². The summed E-state index contributed by atoms with van der Waals surface area (Å²) in [4.78, 5) is 58.0. The zero-order valence-electron chi connectivity index (χ0n) is 16.8. The number of aliphatic carboxylic acids is 1. The number of carbonyl (C=O) groups is 5. The largest absolute Gasteiger partial charge is 0.478 e. The average Bonchev–Trinajstić information content (AvgIpc) is 3.09. The van der Waals surface area contributed by atoms with Gasteiger partial charge in [-0.3, -0.25) is 14.4 Å². The number of nitrogens with one attached hydrogen (secondary N) is 3. The van der Waals surface area contributed by atoms with Gasteiger partial charge in [0.1, 0.15) is 5.00 Å². The topological polar surface area (TPSA) is 171 Å². The van der Waals surface area contributed by atoms with Gasteiger partial charge in [0.2, 0.25) is 5.91 Å². The van der Waals surface area contributed by atoms with Crippen LogP contribution in [0.2, 0.25) is 0 Å². The van der Waals surface area contributed by atoms with Crippen molar-refractivity contribution >= 4 is 51.7 Å². The lowest BCUT2D eigenvalue weighted by molar-refractivity contribution is -0.147. The van der Waals surface area contributed by atoms with Crippen molar-refractivity contribution in [3.05, 3.63) is 45.8 Å². The molecule has 11 nitrogen and oxygen atoms in total. The molecule has 32 heavy (non-hydrogen) atoms. The molecule has 1 atom stereocenters. The van der Waals surface area contributed by atoms with E-state index in [9.17, 15) is 29.1 Å². The van der Waals surface area contributed by atoms with Gasteiger partial charge in [-0.05, 0) is 29.8 Å². The highest BCUT2D eigenvalue weighted by Crippen LogP contribution is 2.37. The van der Waals surface area contributed by atoms with Gasteiger partial charge in [0, 0.05) is 36.0 Å². The fraction of sp³-hybridized carbons (Fsp3) is 0.250. The molecular formula is C20H19N3O8S. The highest BCUT2D eigenvalue weighted by atomic mass is 32.1. The molecule has 2 heterocycles. The van der Waals surface area contributed by atoms with Gasteiger partial charge in [-0.1, -0.05) is 0 Å². The molecule has 0 fully saturated rings. The molecule has 0 saturated carbocycles. The van der Waals surface area contributed by atoms with Gasteiger partial charge in [-0.15, -0.1) is 11.3 Å². The number of anilines is 2. The van der Waals surface area contributed by atoms with E-state index in [-0.39, 0.29) is 42.0 Å². The van der Waals surface area contributed by atoms with Crippen molar-refractivity contribution in [2.75, 3.05) is 17.2 Å². The maximum Gasteiger partial charge on any atom is 0.394 e. The molecule has 1 aromatic carbocycles. The summed E-state index contributed by atoms with van der Waals surface area (Å²) in [5, 5.41) is 25.7. The molecule has 2 aromatic rings. The number of carbonyl (C=O) groups excluding carboxylic acids is 3. The zero-order valence-corrected chi connectivity index (χ0v) is 17.6. The van der Waals surface area contributed by atoms with E-state index in [0.29, 0.717) is 21.7 Å². The maximum absolute atomic E-state index is 12.4. The van der Waals surface area contributed by atoms with Gasteiger partial charge in [0.15, 0.2) is 0 Å². The molecule has 5 N–H and O–H groups in total. The monoisotopic (exact) mass is 461 g/mol. The minimum Gasteiger partial charge on any atom is -0.478 e. The van der Waals surface area contributed by atoms with E-state index >= 15 is 0 Å². The SMILES string of the molecule is CC(=O)Nc1ccc(C(=O)NCC2Cc3c(sc(NC(=O)C(=O)O)c3C(=O)O)CO2)cc1. The number of aromatic carboxylic acids is 1. The van der Waals surface area contributed by atoms with Gasteiger partial charge in [0.25, 0.3) is 5.91 Å². The van der Waals surface area contributed by atoms with Crippen molar-refractivity contribution in [1.29, 1.82) is 0 Å². The Labute approximate surface area is 185 Å². The molecule has 0 bridgehead atoms. The Hall–Kier alpha value is -3.77. The molecule has 1 aliphatic rings. The molecule has 0 saturated heterocycles. The second-order valence-electron chi connectivity index (χ2n) is 6.88. The first-order valence-corrected chi connectivity index (χ1v) is 10.2. The van der Waals surface area contributed by atoms with E-state index < -0.39 is 23.9 Å². The normalized spacial score (nSPS) is 14.7. The first-order valence-electron chi connectivity index (χ1n) is 9.35. The van der Waals surface area contributed by atoms with Crippen LogP contribution in [0.5, 0.6) is 0 Å². The molecule has 3 amide bonds. The van der Waals surface area contributed by atoms with E-state index in [4.69, 9.17) is 9.84 Å². The summed E-state index contributed by atoms with van der Waals surface area (Å²) in [6.07, 6.45) is -0.348. The molecule has 1 aliphatic heterocycles. The van der Waals surface area contributed by atoms with Crippen LogP contribution in [-0.2, 0) is 32.1 Å². The molecule has 0 radical (unpaired) electrons. The lowest BCUT2D eigenvalue weighted by Gasteiger charge is -2.23. The van der Waals surface area contributed by atoms with Crippen LogP contribution in [0.3, 0.4) is 0 Å². The van der Waals surface area contributed by atoms with Crippen LogP contribution >= 0.6 is 11.3 Å². The Morgan fingerprint density at radius 1 is 1.09 bits per heavy atom. The summed E-state index contributed by atoms with van der Waals surface area (Å²) in [6.45, 7) is 1.55. The number of fused-ring (bicyclic) bond motifs is 1. The Morgan fingerprint density at radius 3 is 2.38 bits per heavy atom.